The van der Waals surface area contributed by atoms with Gasteiger partial charge in [0.1, 0.15) is 5.82 Å². The highest BCUT2D eigenvalue weighted by Gasteiger charge is 2.13. The first-order valence-corrected chi connectivity index (χ1v) is 7.59. The van der Waals surface area contributed by atoms with Crippen molar-refractivity contribution in [2.24, 2.45) is 0 Å². The van der Waals surface area contributed by atoms with Crippen LogP contribution in [0.4, 0.5) is 4.39 Å². The lowest BCUT2D eigenvalue weighted by Crippen LogP contribution is -2.23. The predicted octanol–water partition coefficient (Wildman–Crippen LogP) is 4.42. The average molecular weight is 263 g/mol. The van der Waals surface area contributed by atoms with Crippen LogP contribution in [0.25, 0.3) is 10.1 Å². The highest BCUT2D eigenvalue weighted by atomic mass is 32.1. The molecule has 2 heterocycles. The van der Waals surface area contributed by atoms with Crippen LogP contribution in [0.3, 0.4) is 0 Å². The summed E-state index contributed by atoms with van der Waals surface area (Å²) in [7, 11) is 0. The molecule has 0 saturated carbocycles. The van der Waals surface area contributed by atoms with E-state index in [2.05, 4.69) is 10.3 Å². The molecular weight excluding hydrogens is 245 g/mol. The van der Waals surface area contributed by atoms with Crippen LogP contribution in [0.5, 0.6) is 0 Å². The van der Waals surface area contributed by atoms with Crippen LogP contribution in [0.15, 0.2) is 23.6 Å². The zero-order chi connectivity index (χ0) is 12.4. The highest BCUT2D eigenvalue weighted by Crippen LogP contribution is 2.29. The summed E-state index contributed by atoms with van der Waals surface area (Å²) in [6, 6.07) is 5.41. The van der Waals surface area contributed by atoms with Gasteiger partial charge in [-0.15, -0.1) is 11.3 Å². The normalized spacial score (nSPS) is 18.1. The Hall–Kier alpha value is -0.930. The van der Waals surface area contributed by atoms with Crippen molar-refractivity contribution < 1.29 is 4.39 Å². The van der Waals surface area contributed by atoms with Gasteiger partial charge in [-0.05, 0) is 48.3 Å². The maximum Gasteiger partial charge on any atom is 0.140 e. The van der Waals surface area contributed by atoms with E-state index in [0.717, 1.165) is 16.6 Å². The highest BCUT2D eigenvalue weighted by molar-refractivity contribution is 7.17. The summed E-state index contributed by atoms with van der Waals surface area (Å²) in [5, 5.41) is 3.22. The summed E-state index contributed by atoms with van der Waals surface area (Å²) in [5.41, 5.74) is 1.29. The van der Waals surface area contributed by atoms with Gasteiger partial charge in [0.05, 0.1) is 4.70 Å². The van der Waals surface area contributed by atoms with E-state index in [1.165, 1.54) is 55.7 Å². The zero-order valence-electron chi connectivity index (χ0n) is 10.5. The second-order valence-electron chi connectivity index (χ2n) is 5.07. The number of thiophene rings is 1. The average Bonchev–Trinajstić information content (AvgIpc) is 2.61. The molecule has 0 radical (unpaired) electrons. The first-order valence-electron chi connectivity index (χ1n) is 6.71. The van der Waals surface area contributed by atoms with Crippen molar-refractivity contribution in [3.05, 3.63) is 35.0 Å². The molecular formula is C15H18FNS. The van der Waals surface area contributed by atoms with Crippen molar-refractivity contribution in [2.45, 2.75) is 32.2 Å². The van der Waals surface area contributed by atoms with Crippen molar-refractivity contribution in [1.82, 2.24) is 4.90 Å². The van der Waals surface area contributed by atoms with Gasteiger partial charge in [-0.25, -0.2) is 4.39 Å². The molecule has 1 aromatic carbocycles. The molecule has 1 aromatic heterocycles. The number of halogens is 1. The topological polar surface area (TPSA) is 3.24 Å². The first kappa shape index (κ1) is 12.1. The second-order valence-corrected chi connectivity index (χ2v) is 5.95. The molecule has 0 N–H and O–H groups in total. The molecule has 3 rings (SSSR count). The Bertz CT molecular complexity index is 526. The molecule has 1 saturated heterocycles. The maximum atomic E-state index is 13.6. The van der Waals surface area contributed by atoms with Crippen LogP contribution in [-0.2, 0) is 6.54 Å². The summed E-state index contributed by atoms with van der Waals surface area (Å²) < 4.78 is 14.4. The van der Waals surface area contributed by atoms with Crippen molar-refractivity contribution in [3.63, 3.8) is 0 Å². The lowest BCUT2D eigenvalue weighted by molar-refractivity contribution is 0.278. The van der Waals surface area contributed by atoms with Gasteiger partial charge in [-0.3, -0.25) is 4.90 Å². The lowest BCUT2D eigenvalue weighted by atomic mass is 10.1. The Labute approximate surface area is 111 Å². The molecule has 1 nitrogen and oxygen atoms in total. The Kier molecular flexibility index (Phi) is 3.62. The maximum absolute atomic E-state index is 13.6. The minimum atomic E-state index is -0.0837. The number of hydrogen-bond acceptors (Lipinski definition) is 2. The molecule has 1 fully saturated rings. The number of nitrogens with zero attached hydrogens (tertiary/aromatic N) is 1. The quantitative estimate of drug-likeness (QED) is 0.775. The Morgan fingerprint density at radius 1 is 1.11 bits per heavy atom. The number of fused-ring (bicyclic) bond motifs is 1. The Morgan fingerprint density at radius 2 is 1.89 bits per heavy atom. The van der Waals surface area contributed by atoms with E-state index < -0.39 is 0 Å². The van der Waals surface area contributed by atoms with Gasteiger partial charge in [-0.2, -0.15) is 0 Å². The third-order valence-electron chi connectivity index (χ3n) is 3.72. The van der Waals surface area contributed by atoms with Crippen molar-refractivity contribution in [1.29, 1.82) is 0 Å². The molecule has 0 spiro atoms. The number of benzene rings is 1. The largest absolute Gasteiger partial charge is 0.299 e. The monoisotopic (exact) mass is 263 g/mol. The third-order valence-corrected chi connectivity index (χ3v) is 4.78. The lowest BCUT2D eigenvalue weighted by Gasteiger charge is -2.19. The van der Waals surface area contributed by atoms with Gasteiger partial charge in [0.25, 0.3) is 0 Å². The van der Waals surface area contributed by atoms with E-state index in [4.69, 9.17) is 0 Å². The molecule has 0 amide bonds. The Balaban J connectivity index is 1.83. The van der Waals surface area contributed by atoms with Gasteiger partial charge < -0.3 is 0 Å². The van der Waals surface area contributed by atoms with Gasteiger partial charge >= 0.3 is 0 Å². The van der Waals surface area contributed by atoms with Crippen LogP contribution in [0, 0.1) is 5.82 Å². The minimum absolute atomic E-state index is 0.0837. The fourth-order valence-corrected chi connectivity index (χ4v) is 3.70. The van der Waals surface area contributed by atoms with Crippen LogP contribution in [0.2, 0.25) is 0 Å². The van der Waals surface area contributed by atoms with Gasteiger partial charge in [0, 0.05) is 6.54 Å². The van der Waals surface area contributed by atoms with Gasteiger partial charge in [0.2, 0.25) is 0 Å². The number of hydrogen-bond donors (Lipinski definition) is 0. The summed E-state index contributed by atoms with van der Waals surface area (Å²) in [5.74, 6) is -0.0837. The van der Waals surface area contributed by atoms with Crippen LogP contribution < -0.4 is 0 Å². The van der Waals surface area contributed by atoms with E-state index in [1.807, 2.05) is 12.1 Å². The summed E-state index contributed by atoms with van der Waals surface area (Å²) in [6.07, 6.45) is 5.32. The molecule has 0 aliphatic carbocycles. The Morgan fingerprint density at radius 3 is 2.67 bits per heavy atom. The molecule has 96 valence electrons. The fraction of sp³-hybridized carbons (Fsp3) is 0.467. The van der Waals surface area contributed by atoms with Crippen LogP contribution in [0.1, 0.15) is 31.2 Å². The molecule has 3 heteroatoms. The van der Waals surface area contributed by atoms with E-state index >= 15 is 0 Å². The van der Waals surface area contributed by atoms with E-state index in [1.54, 1.807) is 6.07 Å². The third kappa shape index (κ3) is 2.43. The molecule has 1 aliphatic rings. The second kappa shape index (κ2) is 5.37. The van der Waals surface area contributed by atoms with Crippen molar-refractivity contribution >= 4 is 21.4 Å². The number of likely N-dealkylation sites (tertiary alicyclic amines) is 1. The number of rotatable bonds is 2. The fourth-order valence-electron chi connectivity index (χ4n) is 2.73. The smallest absolute Gasteiger partial charge is 0.140 e. The SMILES string of the molecule is Fc1cccc2c(CN3CCCCCC3)csc12. The van der Waals surface area contributed by atoms with E-state index in [0.29, 0.717) is 0 Å². The van der Waals surface area contributed by atoms with Crippen LogP contribution >= 0.6 is 11.3 Å². The molecule has 18 heavy (non-hydrogen) atoms. The van der Waals surface area contributed by atoms with Crippen molar-refractivity contribution in [3.8, 4) is 0 Å². The summed E-state index contributed by atoms with van der Waals surface area (Å²) in [6.45, 7) is 3.35. The van der Waals surface area contributed by atoms with Crippen LogP contribution in [-0.4, -0.2) is 18.0 Å². The summed E-state index contributed by atoms with van der Waals surface area (Å²) in [4.78, 5) is 2.51. The van der Waals surface area contributed by atoms with Gasteiger partial charge in [0.15, 0.2) is 0 Å². The predicted molar refractivity (Wildman–Crippen MR) is 75.5 cm³/mol. The van der Waals surface area contributed by atoms with Crippen molar-refractivity contribution in [2.75, 3.05) is 13.1 Å². The molecule has 0 unspecified atom stereocenters. The standard InChI is InChI=1S/C15H18FNS/c16-14-7-5-6-13-12(11-18-15(13)14)10-17-8-3-1-2-4-9-17/h5-7,11H,1-4,8-10H2. The van der Waals surface area contributed by atoms with E-state index in [-0.39, 0.29) is 5.82 Å². The molecule has 0 bridgehead atoms. The minimum Gasteiger partial charge on any atom is -0.299 e. The molecule has 2 aromatic rings. The molecule has 0 atom stereocenters. The van der Waals surface area contributed by atoms with Gasteiger partial charge in [-0.1, -0.05) is 25.0 Å². The zero-order valence-corrected chi connectivity index (χ0v) is 11.3. The molecule has 1 aliphatic heterocycles. The first-order chi connectivity index (χ1) is 8.84. The van der Waals surface area contributed by atoms with E-state index in [9.17, 15) is 4.39 Å². The summed E-state index contributed by atoms with van der Waals surface area (Å²) >= 11 is 1.53.